The molecule has 0 N–H and O–H groups in total. The summed E-state index contributed by atoms with van der Waals surface area (Å²) < 4.78 is 49.1. The molecule has 0 unspecified atom stereocenters. The second-order valence-corrected chi connectivity index (χ2v) is 5.41. The van der Waals surface area contributed by atoms with Crippen molar-refractivity contribution in [3.8, 4) is 0 Å². The lowest BCUT2D eigenvalue weighted by atomic mass is 10.1. The topological polar surface area (TPSA) is 46.6 Å². The number of hydrogen-bond acceptors (Lipinski definition) is 3. The highest BCUT2D eigenvalue weighted by Crippen LogP contribution is 2.27. The summed E-state index contributed by atoms with van der Waals surface area (Å²) in [6, 6.07) is 10.00. The van der Waals surface area contributed by atoms with Gasteiger partial charge in [0.25, 0.3) is 5.91 Å². The number of carbonyl (C=O) groups is 1. The maximum atomic E-state index is 12.9. The van der Waals surface area contributed by atoms with E-state index < -0.39 is 18.6 Å². The minimum atomic E-state index is -4.53. The van der Waals surface area contributed by atoms with Crippen molar-refractivity contribution in [2.75, 3.05) is 6.54 Å². The predicted molar refractivity (Wildman–Crippen MR) is 80.5 cm³/mol. The van der Waals surface area contributed by atoms with E-state index in [0.717, 1.165) is 0 Å². The third-order valence-corrected chi connectivity index (χ3v) is 3.62. The van der Waals surface area contributed by atoms with Crippen LogP contribution >= 0.6 is 0 Å². The first-order chi connectivity index (χ1) is 11.3. The van der Waals surface area contributed by atoms with Crippen LogP contribution in [0.15, 0.2) is 51.5 Å². The number of hydrogen-bond donors (Lipinski definition) is 0. The summed E-state index contributed by atoms with van der Waals surface area (Å²) >= 11 is 0. The van der Waals surface area contributed by atoms with Crippen molar-refractivity contribution in [2.45, 2.75) is 19.6 Å². The SMILES string of the molecule is Cc1c(C(=O)N(Cc2ccco2)CC(F)(F)F)oc2ccccc12. The highest BCUT2D eigenvalue weighted by atomic mass is 19.4. The highest BCUT2D eigenvalue weighted by Gasteiger charge is 2.35. The summed E-state index contributed by atoms with van der Waals surface area (Å²) in [5, 5.41) is 0.700. The van der Waals surface area contributed by atoms with Gasteiger partial charge in [-0.25, -0.2) is 0 Å². The number of halogens is 3. The number of amides is 1. The fraction of sp³-hybridized carbons (Fsp3) is 0.235. The van der Waals surface area contributed by atoms with Gasteiger partial charge >= 0.3 is 6.18 Å². The molecule has 0 aliphatic heterocycles. The lowest BCUT2D eigenvalue weighted by molar-refractivity contribution is -0.142. The standard InChI is InChI=1S/C17H14F3NO3/c1-11-13-6-2-3-7-14(13)24-15(11)16(22)21(10-17(18,19)20)9-12-5-4-8-23-12/h2-8H,9-10H2,1H3. The van der Waals surface area contributed by atoms with Crippen LogP contribution in [-0.2, 0) is 6.54 Å². The molecule has 4 nitrogen and oxygen atoms in total. The van der Waals surface area contributed by atoms with Crippen LogP contribution in [-0.4, -0.2) is 23.5 Å². The molecule has 0 aliphatic carbocycles. The summed E-state index contributed by atoms with van der Waals surface area (Å²) in [6.07, 6.45) is -3.18. The third-order valence-electron chi connectivity index (χ3n) is 3.62. The van der Waals surface area contributed by atoms with Crippen LogP contribution in [0, 0.1) is 6.92 Å². The van der Waals surface area contributed by atoms with Gasteiger partial charge in [-0.05, 0) is 25.1 Å². The Morgan fingerprint density at radius 3 is 2.54 bits per heavy atom. The highest BCUT2D eigenvalue weighted by molar-refractivity contribution is 5.98. The smallest absolute Gasteiger partial charge is 0.406 e. The van der Waals surface area contributed by atoms with E-state index in [0.29, 0.717) is 21.4 Å². The van der Waals surface area contributed by atoms with Crippen LogP contribution < -0.4 is 0 Å². The van der Waals surface area contributed by atoms with Crippen LogP contribution in [0.2, 0.25) is 0 Å². The molecule has 0 fully saturated rings. The zero-order chi connectivity index (χ0) is 17.3. The number of furan rings is 2. The van der Waals surface area contributed by atoms with E-state index >= 15 is 0 Å². The minimum Gasteiger partial charge on any atom is -0.467 e. The van der Waals surface area contributed by atoms with Crippen molar-refractivity contribution in [1.29, 1.82) is 0 Å². The van der Waals surface area contributed by atoms with E-state index in [4.69, 9.17) is 8.83 Å². The monoisotopic (exact) mass is 337 g/mol. The van der Waals surface area contributed by atoms with Crippen LogP contribution in [0.4, 0.5) is 13.2 Å². The van der Waals surface area contributed by atoms with Crippen molar-refractivity contribution in [2.24, 2.45) is 0 Å². The maximum Gasteiger partial charge on any atom is 0.406 e. The molecule has 7 heteroatoms. The normalized spacial score (nSPS) is 11.8. The van der Waals surface area contributed by atoms with Gasteiger partial charge in [0.1, 0.15) is 17.9 Å². The van der Waals surface area contributed by atoms with Gasteiger partial charge < -0.3 is 13.7 Å². The van der Waals surface area contributed by atoms with Gasteiger partial charge in [-0.3, -0.25) is 4.79 Å². The average Bonchev–Trinajstić information content (AvgIpc) is 3.13. The van der Waals surface area contributed by atoms with E-state index in [1.54, 1.807) is 37.3 Å². The van der Waals surface area contributed by atoms with Gasteiger partial charge in [0.2, 0.25) is 0 Å². The van der Waals surface area contributed by atoms with Gasteiger partial charge in [0, 0.05) is 10.9 Å². The van der Waals surface area contributed by atoms with Crippen molar-refractivity contribution in [3.63, 3.8) is 0 Å². The fourth-order valence-electron chi connectivity index (χ4n) is 2.53. The number of alkyl halides is 3. The van der Waals surface area contributed by atoms with Gasteiger partial charge in [-0.1, -0.05) is 18.2 Å². The number of nitrogens with zero attached hydrogens (tertiary/aromatic N) is 1. The lowest BCUT2D eigenvalue weighted by Gasteiger charge is -2.22. The van der Waals surface area contributed by atoms with E-state index in [9.17, 15) is 18.0 Å². The molecular weight excluding hydrogens is 323 g/mol. The number of carbonyl (C=O) groups excluding carboxylic acids is 1. The van der Waals surface area contributed by atoms with E-state index in [1.807, 2.05) is 0 Å². The summed E-state index contributed by atoms with van der Waals surface area (Å²) in [5.41, 5.74) is 0.977. The Morgan fingerprint density at radius 2 is 1.92 bits per heavy atom. The van der Waals surface area contributed by atoms with Crippen molar-refractivity contribution < 1.29 is 26.8 Å². The molecule has 2 heterocycles. The third kappa shape index (κ3) is 3.29. The summed E-state index contributed by atoms with van der Waals surface area (Å²) in [6.45, 7) is -0.0252. The zero-order valence-corrected chi connectivity index (χ0v) is 12.8. The summed E-state index contributed by atoms with van der Waals surface area (Å²) in [7, 11) is 0. The van der Waals surface area contributed by atoms with Crippen LogP contribution in [0.3, 0.4) is 0 Å². The lowest BCUT2D eigenvalue weighted by Crippen LogP contribution is -2.38. The Hall–Kier alpha value is -2.70. The van der Waals surface area contributed by atoms with Gasteiger partial charge in [0.15, 0.2) is 5.76 Å². The van der Waals surface area contributed by atoms with Crippen molar-refractivity contribution >= 4 is 16.9 Å². The molecule has 0 aliphatic rings. The maximum absolute atomic E-state index is 12.9. The molecular formula is C17H14F3NO3. The van der Waals surface area contributed by atoms with Crippen molar-refractivity contribution in [1.82, 2.24) is 4.90 Å². The predicted octanol–water partition coefficient (Wildman–Crippen LogP) is 4.54. The summed E-state index contributed by atoms with van der Waals surface area (Å²) in [5.74, 6) is -0.647. The molecule has 3 rings (SSSR count). The molecule has 0 saturated carbocycles. The molecule has 0 radical (unpaired) electrons. The minimum absolute atomic E-state index is 0.0907. The molecule has 3 aromatic rings. The van der Waals surface area contributed by atoms with E-state index in [-0.39, 0.29) is 18.1 Å². The molecule has 0 atom stereocenters. The second kappa shape index (κ2) is 6.07. The average molecular weight is 337 g/mol. The Kier molecular flexibility index (Phi) is 4.09. The Morgan fingerprint density at radius 1 is 1.17 bits per heavy atom. The Labute approximate surface area is 135 Å². The number of benzene rings is 1. The number of aryl methyl sites for hydroxylation is 1. The number of fused-ring (bicyclic) bond motifs is 1. The Balaban J connectivity index is 1.95. The quantitative estimate of drug-likeness (QED) is 0.702. The molecule has 0 bridgehead atoms. The zero-order valence-electron chi connectivity index (χ0n) is 12.8. The Bertz CT molecular complexity index is 850. The summed E-state index contributed by atoms with van der Waals surface area (Å²) in [4.78, 5) is 13.3. The van der Waals surface area contributed by atoms with Crippen LogP contribution in [0.5, 0.6) is 0 Å². The van der Waals surface area contributed by atoms with E-state index in [2.05, 4.69) is 0 Å². The molecule has 1 aromatic carbocycles. The number of rotatable bonds is 4. The van der Waals surface area contributed by atoms with Gasteiger partial charge in [0.05, 0.1) is 12.8 Å². The molecule has 126 valence electrons. The molecule has 0 saturated heterocycles. The molecule has 2 aromatic heterocycles. The van der Waals surface area contributed by atoms with Gasteiger partial charge in [-0.15, -0.1) is 0 Å². The van der Waals surface area contributed by atoms with Crippen LogP contribution in [0.1, 0.15) is 21.9 Å². The second-order valence-electron chi connectivity index (χ2n) is 5.41. The first-order valence-corrected chi connectivity index (χ1v) is 7.22. The molecule has 0 spiro atoms. The van der Waals surface area contributed by atoms with E-state index in [1.165, 1.54) is 12.3 Å². The largest absolute Gasteiger partial charge is 0.467 e. The molecule has 1 amide bonds. The number of para-hydroxylation sites is 1. The first-order valence-electron chi connectivity index (χ1n) is 7.22. The van der Waals surface area contributed by atoms with Gasteiger partial charge in [-0.2, -0.15) is 13.2 Å². The van der Waals surface area contributed by atoms with Crippen LogP contribution in [0.25, 0.3) is 11.0 Å². The molecule has 24 heavy (non-hydrogen) atoms. The first kappa shape index (κ1) is 16.2. The van der Waals surface area contributed by atoms with Crippen molar-refractivity contribution in [3.05, 3.63) is 59.7 Å². The fourth-order valence-corrected chi connectivity index (χ4v) is 2.53.